The van der Waals surface area contributed by atoms with Crippen molar-refractivity contribution in [1.82, 2.24) is 0 Å². The van der Waals surface area contributed by atoms with E-state index in [1.165, 1.54) is 0 Å². The molecule has 20 heavy (non-hydrogen) atoms. The van der Waals surface area contributed by atoms with E-state index in [2.05, 4.69) is 10.2 Å². The summed E-state index contributed by atoms with van der Waals surface area (Å²) in [6.07, 6.45) is 0.752. The molecule has 0 aromatic heterocycles. The van der Waals surface area contributed by atoms with Crippen LogP contribution in [0.3, 0.4) is 0 Å². The van der Waals surface area contributed by atoms with Crippen LogP contribution in [0.5, 0.6) is 0 Å². The molecular weight excluding hydrogens is 254 g/mol. The van der Waals surface area contributed by atoms with Gasteiger partial charge in [-0.25, -0.2) is 0 Å². The van der Waals surface area contributed by atoms with Gasteiger partial charge in [0.05, 0.1) is 30.5 Å². The molecule has 1 atom stereocenters. The predicted octanol–water partition coefficient (Wildman–Crippen LogP) is 1.45. The van der Waals surface area contributed by atoms with Crippen molar-refractivity contribution in [2.45, 2.75) is 13.3 Å². The third-order valence-corrected chi connectivity index (χ3v) is 3.66. The van der Waals surface area contributed by atoms with Gasteiger partial charge in [0.15, 0.2) is 0 Å². The third kappa shape index (κ3) is 3.49. The minimum atomic E-state index is -0.132. The second-order valence-electron chi connectivity index (χ2n) is 4.95. The zero-order valence-electron chi connectivity index (χ0n) is 12.0. The van der Waals surface area contributed by atoms with Gasteiger partial charge >= 0.3 is 0 Å². The topological polar surface area (TPSA) is 67.6 Å². The molecular formula is C15H23N3O2. The van der Waals surface area contributed by atoms with Crippen molar-refractivity contribution < 1.29 is 9.53 Å². The van der Waals surface area contributed by atoms with Gasteiger partial charge in [-0.3, -0.25) is 4.79 Å². The lowest BCUT2D eigenvalue weighted by Crippen LogP contribution is -2.37. The summed E-state index contributed by atoms with van der Waals surface area (Å²) < 4.78 is 5.37. The van der Waals surface area contributed by atoms with E-state index in [1.807, 2.05) is 31.2 Å². The number of anilines is 2. The van der Waals surface area contributed by atoms with Crippen LogP contribution in [0.2, 0.25) is 0 Å². The summed E-state index contributed by atoms with van der Waals surface area (Å²) in [5.74, 6) is -0.136. The molecule has 5 heteroatoms. The maximum Gasteiger partial charge on any atom is 0.228 e. The number of nitrogens with zero attached hydrogens (tertiary/aromatic N) is 1. The Morgan fingerprint density at radius 3 is 2.75 bits per heavy atom. The monoisotopic (exact) mass is 277 g/mol. The lowest BCUT2D eigenvalue weighted by atomic mass is 10.1. The van der Waals surface area contributed by atoms with Crippen molar-refractivity contribution in [1.29, 1.82) is 0 Å². The molecule has 1 unspecified atom stereocenters. The minimum absolute atomic E-state index is 0.00397. The molecule has 1 amide bonds. The highest BCUT2D eigenvalue weighted by Crippen LogP contribution is 2.26. The Hall–Kier alpha value is -1.59. The van der Waals surface area contributed by atoms with Gasteiger partial charge in [-0.1, -0.05) is 19.1 Å². The first-order valence-corrected chi connectivity index (χ1v) is 7.19. The second-order valence-corrected chi connectivity index (χ2v) is 4.95. The highest BCUT2D eigenvalue weighted by molar-refractivity contribution is 5.96. The zero-order valence-corrected chi connectivity index (χ0v) is 12.0. The number of para-hydroxylation sites is 2. The Balaban J connectivity index is 2.13. The fourth-order valence-electron chi connectivity index (χ4n) is 2.35. The Morgan fingerprint density at radius 1 is 1.40 bits per heavy atom. The standard InChI is InChI=1S/C15H23N3O2/c1-2-12(11-16)15(19)17-13-5-3-4-6-14(13)18-7-9-20-10-8-18/h3-6,12H,2,7-11,16H2,1H3,(H,17,19). The van der Waals surface area contributed by atoms with Crippen molar-refractivity contribution in [2.75, 3.05) is 43.1 Å². The van der Waals surface area contributed by atoms with Gasteiger partial charge in [-0.05, 0) is 18.6 Å². The molecule has 2 rings (SSSR count). The molecule has 1 aromatic rings. The number of benzene rings is 1. The molecule has 0 aliphatic carbocycles. The summed E-state index contributed by atoms with van der Waals surface area (Å²) in [4.78, 5) is 14.4. The van der Waals surface area contributed by atoms with Gasteiger partial charge < -0.3 is 20.7 Å². The Kier molecular flexibility index (Phi) is 5.38. The predicted molar refractivity (Wildman–Crippen MR) is 80.9 cm³/mol. The molecule has 3 N–H and O–H groups in total. The van der Waals surface area contributed by atoms with Crippen LogP contribution in [-0.2, 0) is 9.53 Å². The second kappa shape index (κ2) is 7.26. The summed E-state index contributed by atoms with van der Waals surface area (Å²) in [6.45, 7) is 5.50. The van der Waals surface area contributed by atoms with Crippen LogP contribution in [0, 0.1) is 5.92 Å². The molecule has 0 radical (unpaired) electrons. The number of rotatable bonds is 5. The van der Waals surface area contributed by atoms with Crippen LogP contribution in [0.1, 0.15) is 13.3 Å². The average molecular weight is 277 g/mol. The highest BCUT2D eigenvalue weighted by atomic mass is 16.5. The average Bonchev–Trinajstić information content (AvgIpc) is 2.50. The zero-order chi connectivity index (χ0) is 14.4. The molecule has 1 fully saturated rings. The summed E-state index contributed by atoms with van der Waals surface area (Å²) >= 11 is 0. The summed E-state index contributed by atoms with van der Waals surface area (Å²) in [5, 5.41) is 3.01. The van der Waals surface area contributed by atoms with E-state index in [4.69, 9.17) is 10.5 Å². The molecule has 0 spiro atoms. The molecule has 1 aromatic carbocycles. The van der Waals surface area contributed by atoms with Crippen LogP contribution >= 0.6 is 0 Å². The van der Waals surface area contributed by atoms with E-state index >= 15 is 0 Å². The van der Waals surface area contributed by atoms with E-state index in [9.17, 15) is 4.79 Å². The number of ether oxygens (including phenoxy) is 1. The van der Waals surface area contributed by atoms with E-state index in [-0.39, 0.29) is 11.8 Å². The molecule has 1 saturated heterocycles. The van der Waals surface area contributed by atoms with Crippen molar-refractivity contribution >= 4 is 17.3 Å². The number of hydrogen-bond donors (Lipinski definition) is 2. The number of nitrogens with two attached hydrogens (primary N) is 1. The van der Waals surface area contributed by atoms with Gasteiger partial charge in [-0.2, -0.15) is 0 Å². The molecule has 1 aliphatic rings. The lowest BCUT2D eigenvalue weighted by Gasteiger charge is -2.30. The Bertz CT molecular complexity index is 440. The molecule has 1 heterocycles. The van der Waals surface area contributed by atoms with Crippen LogP contribution in [0.25, 0.3) is 0 Å². The minimum Gasteiger partial charge on any atom is -0.378 e. The van der Waals surface area contributed by atoms with E-state index in [0.717, 1.165) is 44.1 Å². The largest absolute Gasteiger partial charge is 0.378 e. The van der Waals surface area contributed by atoms with Gasteiger partial charge in [0.1, 0.15) is 0 Å². The van der Waals surface area contributed by atoms with Gasteiger partial charge in [0.2, 0.25) is 5.91 Å². The SMILES string of the molecule is CCC(CN)C(=O)Nc1ccccc1N1CCOCC1. The summed E-state index contributed by atoms with van der Waals surface area (Å²) in [7, 11) is 0. The fourth-order valence-corrected chi connectivity index (χ4v) is 2.35. The van der Waals surface area contributed by atoms with Gasteiger partial charge in [0, 0.05) is 19.6 Å². The van der Waals surface area contributed by atoms with Crippen molar-refractivity contribution in [3.63, 3.8) is 0 Å². The molecule has 5 nitrogen and oxygen atoms in total. The molecule has 0 bridgehead atoms. The quantitative estimate of drug-likeness (QED) is 0.855. The molecule has 1 aliphatic heterocycles. The van der Waals surface area contributed by atoms with E-state index in [1.54, 1.807) is 0 Å². The number of morpholine rings is 1. The molecule has 110 valence electrons. The first-order chi connectivity index (χ1) is 9.76. The number of hydrogen-bond acceptors (Lipinski definition) is 4. The van der Waals surface area contributed by atoms with Crippen molar-refractivity contribution in [2.24, 2.45) is 11.7 Å². The van der Waals surface area contributed by atoms with Gasteiger partial charge in [-0.15, -0.1) is 0 Å². The van der Waals surface area contributed by atoms with Crippen LogP contribution in [0.15, 0.2) is 24.3 Å². The number of carbonyl (C=O) groups is 1. The number of carbonyl (C=O) groups excluding carboxylic acids is 1. The van der Waals surface area contributed by atoms with Gasteiger partial charge in [0.25, 0.3) is 0 Å². The van der Waals surface area contributed by atoms with Crippen molar-refractivity contribution in [3.8, 4) is 0 Å². The van der Waals surface area contributed by atoms with E-state index < -0.39 is 0 Å². The summed E-state index contributed by atoms with van der Waals surface area (Å²) in [6, 6.07) is 7.89. The summed E-state index contributed by atoms with van der Waals surface area (Å²) in [5.41, 5.74) is 7.54. The van der Waals surface area contributed by atoms with Crippen LogP contribution < -0.4 is 16.0 Å². The number of nitrogens with one attached hydrogen (secondary N) is 1. The maximum absolute atomic E-state index is 12.2. The Labute approximate surface area is 120 Å². The van der Waals surface area contributed by atoms with Crippen LogP contribution in [-0.4, -0.2) is 38.8 Å². The third-order valence-electron chi connectivity index (χ3n) is 3.66. The fraction of sp³-hybridized carbons (Fsp3) is 0.533. The lowest BCUT2D eigenvalue weighted by molar-refractivity contribution is -0.119. The molecule has 0 saturated carbocycles. The Morgan fingerprint density at radius 2 is 2.10 bits per heavy atom. The maximum atomic E-state index is 12.2. The highest BCUT2D eigenvalue weighted by Gasteiger charge is 2.18. The van der Waals surface area contributed by atoms with Crippen LogP contribution in [0.4, 0.5) is 11.4 Å². The normalized spacial score (nSPS) is 16.8. The number of amides is 1. The smallest absolute Gasteiger partial charge is 0.228 e. The van der Waals surface area contributed by atoms with Crippen molar-refractivity contribution in [3.05, 3.63) is 24.3 Å². The van der Waals surface area contributed by atoms with E-state index in [0.29, 0.717) is 6.54 Å². The first kappa shape index (κ1) is 14.8. The first-order valence-electron chi connectivity index (χ1n) is 7.19.